The van der Waals surface area contributed by atoms with E-state index in [1.807, 2.05) is 0 Å². The van der Waals surface area contributed by atoms with Crippen molar-refractivity contribution in [3.63, 3.8) is 0 Å². The van der Waals surface area contributed by atoms with Crippen LogP contribution in [-0.4, -0.2) is 19.6 Å². The number of hydrogen-bond acceptors (Lipinski definition) is 3. The summed E-state index contributed by atoms with van der Waals surface area (Å²) in [5.74, 6) is 0.0617. The molecule has 1 N–H and O–H groups in total. The van der Waals surface area contributed by atoms with Gasteiger partial charge in [-0.3, -0.25) is 4.55 Å². The smallest absolute Gasteiger partial charge is 0.264 e. The molecular formula is C23H46O4S. The van der Waals surface area contributed by atoms with E-state index in [0.717, 1.165) is 19.3 Å². The third-order valence-electron chi connectivity index (χ3n) is 5.24. The zero-order chi connectivity index (χ0) is 20.9. The van der Waals surface area contributed by atoms with Gasteiger partial charge in [-0.05, 0) is 19.3 Å². The minimum absolute atomic E-state index is 0.0437. The van der Waals surface area contributed by atoms with Crippen molar-refractivity contribution in [1.82, 2.24) is 0 Å². The largest absolute Gasteiger partial charge is 0.397 e. The Hall–Kier alpha value is -0.390. The summed E-state index contributed by atoms with van der Waals surface area (Å²) < 4.78 is 35.1. The first-order valence-corrected chi connectivity index (χ1v) is 13.1. The van der Waals surface area contributed by atoms with Gasteiger partial charge in [0, 0.05) is 5.92 Å². The Morgan fingerprint density at radius 3 is 1.71 bits per heavy atom. The average molecular weight is 419 g/mol. The van der Waals surface area contributed by atoms with Crippen LogP contribution in [0.4, 0.5) is 0 Å². The van der Waals surface area contributed by atoms with Crippen LogP contribution in [0.25, 0.3) is 0 Å². The Bertz CT molecular complexity index is 446. The van der Waals surface area contributed by atoms with Gasteiger partial charge in [0.2, 0.25) is 0 Å². The molecule has 0 aliphatic heterocycles. The van der Waals surface area contributed by atoms with Crippen molar-refractivity contribution in [2.75, 3.05) is 6.61 Å². The molecule has 0 amide bonds. The summed E-state index contributed by atoms with van der Waals surface area (Å²) in [5, 5.41) is 0. The molecule has 168 valence electrons. The second kappa shape index (κ2) is 19.9. The molecule has 28 heavy (non-hydrogen) atoms. The summed E-state index contributed by atoms with van der Waals surface area (Å²) in [4.78, 5) is 0. The van der Waals surface area contributed by atoms with Crippen molar-refractivity contribution < 1.29 is 17.2 Å². The van der Waals surface area contributed by atoms with Crippen LogP contribution in [0.3, 0.4) is 0 Å². The Labute approximate surface area is 175 Å². The lowest BCUT2D eigenvalue weighted by Crippen LogP contribution is -2.12. The van der Waals surface area contributed by atoms with Crippen LogP contribution in [-0.2, 0) is 14.6 Å². The van der Waals surface area contributed by atoms with Gasteiger partial charge in [-0.25, -0.2) is 4.18 Å². The van der Waals surface area contributed by atoms with Gasteiger partial charge in [0.15, 0.2) is 0 Å². The zero-order valence-electron chi connectivity index (χ0n) is 18.5. The molecule has 0 aromatic carbocycles. The standard InChI is InChI=1S/C23H46O4S/c1-3-5-7-9-11-12-13-14-15-17-19-21-23(22-27-28(24,25)26)20-18-16-10-8-6-4-2/h18,20,23H,3-17,19,21-22H2,1-2H3,(H,24,25,26)/b20-18+. The molecule has 0 bridgehead atoms. The van der Waals surface area contributed by atoms with Crippen molar-refractivity contribution in [2.45, 2.75) is 123 Å². The van der Waals surface area contributed by atoms with Gasteiger partial charge in [0.05, 0.1) is 6.61 Å². The summed E-state index contributed by atoms with van der Waals surface area (Å²) in [6, 6.07) is 0. The Balaban J connectivity index is 3.86. The lowest BCUT2D eigenvalue weighted by atomic mass is 9.99. The molecule has 0 aromatic heterocycles. The van der Waals surface area contributed by atoms with Crippen LogP contribution in [0.15, 0.2) is 12.2 Å². The number of hydrogen-bond donors (Lipinski definition) is 1. The van der Waals surface area contributed by atoms with E-state index >= 15 is 0 Å². The molecule has 0 spiro atoms. The summed E-state index contributed by atoms with van der Waals surface area (Å²) in [6.45, 7) is 4.50. The molecule has 0 aliphatic rings. The van der Waals surface area contributed by atoms with E-state index in [-0.39, 0.29) is 12.5 Å². The van der Waals surface area contributed by atoms with Crippen LogP contribution in [0.5, 0.6) is 0 Å². The normalized spacial score (nSPS) is 13.4. The second-order valence-corrected chi connectivity index (χ2v) is 9.17. The lowest BCUT2D eigenvalue weighted by molar-refractivity contribution is 0.234. The second-order valence-electron chi connectivity index (χ2n) is 8.07. The fourth-order valence-corrected chi connectivity index (χ4v) is 3.80. The zero-order valence-corrected chi connectivity index (χ0v) is 19.4. The molecule has 1 unspecified atom stereocenters. The molecule has 0 aliphatic carbocycles. The summed E-state index contributed by atoms with van der Waals surface area (Å²) in [5.41, 5.74) is 0. The van der Waals surface area contributed by atoms with Crippen molar-refractivity contribution in [3.05, 3.63) is 12.2 Å². The van der Waals surface area contributed by atoms with Crippen LogP contribution < -0.4 is 0 Å². The Morgan fingerprint density at radius 1 is 0.750 bits per heavy atom. The van der Waals surface area contributed by atoms with E-state index < -0.39 is 10.4 Å². The van der Waals surface area contributed by atoms with Crippen LogP contribution >= 0.6 is 0 Å². The fraction of sp³-hybridized carbons (Fsp3) is 0.913. The summed E-state index contributed by atoms with van der Waals surface area (Å²) >= 11 is 0. The van der Waals surface area contributed by atoms with Crippen molar-refractivity contribution in [1.29, 1.82) is 0 Å². The Morgan fingerprint density at radius 2 is 1.21 bits per heavy atom. The lowest BCUT2D eigenvalue weighted by Gasteiger charge is -2.12. The minimum Gasteiger partial charge on any atom is -0.264 e. The summed E-state index contributed by atoms with van der Waals surface area (Å²) in [7, 11) is -4.35. The first-order valence-electron chi connectivity index (χ1n) is 11.8. The van der Waals surface area contributed by atoms with Gasteiger partial charge < -0.3 is 0 Å². The van der Waals surface area contributed by atoms with Gasteiger partial charge in [-0.1, -0.05) is 116 Å². The molecule has 4 nitrogen and oxygen atoms in total. The van der Waals surface area contributed by atoms with E-state index in [1.54, 1.807) is 0 Å². The predicted octanol–water partition coefficient (Wildman–Crippen LogP) is 7.65. The molecule has 0 saturated heterocycles. The highest BCUT2D eigenvalue weighted by molar-refractivity contribution is 7.80. The van der Waals surface area contributed by atoms with Gasteiger partial charge >= 0.3 is 10.4 Å². The topological polar surface area (TPSA) is 63.6 Å². The first kappa shape index (κ1) is 27.6. The number of rotatable bonds is 21. The monoisotopic (exact) mass is 418 g/mol. The molecule has 0 aromatic rings. The predicted molar refractivity (Wildman–Crippen MR) is 120 cm³/mol. The van der Waals surface area contributed by atoms with Crippen LogP contribution in [0.1, 0.15) is 123 Å². The molecule has 0 saturated carbocycles. The van der Waals surface area contributed by atoms with Crippen molar-refractivity contribution in [3.8, 4) is 0 Å². The van der Waals surface area contributed by atoms with E-state index in [2.05, 4.69) is 30.2 Å². The number of allylic oxidation sites excluding steroid dienone is 1. The SMILES string of the molecule is CCCCCC/C=C/C(CCCCCCCCCCCCC)COS(=O)(=O)O. The minimum atomic E-state index is -4.35. The quantitative estimate of drug-likeness (QED) is 0.118. The van der Waals surface area contributed by atoms with Gasteiger partial charge in [0.25, 0.3) is 0 Å². The molecular weight excluding hydrogens is 372 g/mol. The van der Waals surface area contributed by atoms with Crippen molar-refractivity contribution in [2.24, 2.45) is 5.92 Å². The van der Waals surface area contributed by atoms with Gasteiger partial charge in [-0.2, -0.15) is 8.42 Å². The molecule has 0 fully saturated rings. The molecule has 0 heterocycles. The van der Waals surface area contributed by atoms with E-state index in [1.165, 1.54) is 89.9 Å². The fourth-order valence-electron chi connectivity index (χ4n) is 3.46. The first-order chi connectivity index (χ1) is 13.5. The molecule has 5 heteroatoms. The Kier molecular flexibility index (Phi) is 19.6. The molecule has 0 radical (unpaired) electrons. The van der Waals surface area contributed by atoms with Gasteiger partial charge in [0.1, 0.15) is 0 Å². The maximum atomic E-state index is 10.9. The average Bonchev–Trinajstić information content (AvgIpc) is 2.65. The highest BCUT2D eigenvalue weighted by Crippen LogP contribution is 2.17. The van der Waals surface area contributed by atoms with E-state index in [0.29, 0.717) is 0 Å². The van der Waals surface area contributed by atoms with Crippen LogP contribution in [0, 0.1) is 5.92 Å². The van der Waals surface area contributed by atoms with E-state index in [9.17, 15) is 8.42 Å². The maximum Gasteiger partial charge on any atom is 0.397 e. The molecule has 0 rings (SSSR count). The number of unbranched alkanes of at least 4 members (excludes halogenated alkanes) is 14. The highest BCUT2D eigenvalue weighted by atomic mass is 32.3. The molecule has 1 atom stereocenters. The van der Waals surface area contributed by atoms with E-state index in [4.69, 9.17) is 4.55 Å². The summed E-state index contributed by atoms with van der Waals surface area (Å²) in [6.07, 6.45) is 25.4. The third-order valence-corrected chi connectivity index (χ3v) is 5.68. The van der Waals surface area contributed by atoms with Crippen molar-refractivity contribution >= 4 is 10.4 Å². The maximum absolute atomic E-state index is 10.9. The third kappa shape index (κ3) is 21.9. The highest BCUT2D eigenvalue weighted by Gasteiger charge is 2.11. The van der Waals surface area contributed by atoms with Crippen LogP contribution in [0.2, 0.25) is 0 Å². The van der Waals surface area contributed by atoms with Gasteiger partial charge in [-0.15, -0.1) is 0 Å².